The molecule has 6 heteroatoms. The zero-order valence-electron chi connectivity index (χ0n) is 12.7. The van der Waals surface area contributed by atoms with Gasteiger partial charge in [-0.25, -0.2) is 14.8 Å². The van der Waals surface area contributed by atoms with E-state index in [-0.39, 0.29) is 18.2 Å². The van der Waals surface area contributed by atoms with Gasteiger partial charge in [0.2, 0.25) is 5.88 Å². The number of rotatable bonds is 2. The molecule has 118 valence electrons. The molecule has 0 spiro atoms. The van der Waals surface area contributed by atoms with Crippen molar-refractivity contribution in [3.8, 4) is 5.88 Å². The number of benzene rings is 1. The third kappa shape index (κ3) is 2.45. The van der Waals surface area contributed by atoms with E-state index in [2.05, 4.69) is 21.9 Å². The van der Waals surface area contributed by atoms with Gasteiger partial charge in [0.1, 0.15) is 6.33 Å². The molecule has 2 bridgehead atoms. The van der Waals surface area contributed by atoms with Crippen molar-refractivity contribution < 1.29 is 9.53 Å². The molecule has 3 aliphatic rings. The molecule has 6 nitrogen and oxygen atoms in total. The van der Waals surface area contributed by atoms with Crippen molar-refractivity contribution in [2.24, 2.45) is 0 Å². The van der Waals surface area contributed by atoms with Crippen LogP contribution in [0.1, 0.15) is 12.8 Å². The smallest absolute Gasteiger partial charge is 0.390 e. The Morgan fingerprint density at radius 1 is 1.35 bits per heavy atom. The molecule has 5 rings (SSSR count). The maximum Gasteiger partial charge on any atom is 0.416 e. The molecule has 3 fully saturated rings. The molecule has 3 saturated heterocycles. The number of ether oxygens (including phenoxy) is 1. The van der Waals surface area contributed by atoms with Gasteiger partial charge in [0.15, 0.2) is 0 Å². The number of fused-ring (bicyclic) bond motifs is 4. The molecule has 1 aromatic carbocycles. The molecular weight excluding hydrogens is 292 g/mol. The summed E-state index contributed by atoms with van der Waals surface area (Å²) in [5.74, 6) is 0.310. The Bertz CT molecular complexity index is 758. The second-order valence-corrected chi connectivity index (χ2v) is 5.99. The lowest BCUT2D eigenvalue weighted by Gasteiger charge is -2.49. The predicted octanol–water partition coefficient (Wildman–Crippen LogP) is 2.12. The number of para-hydroxylation sites is 1. The van der Waals surface area contributed by atoms with E-state index in [1.807, 2.05) is 30.3 Å². The second kappa shape index (κ2) is 5.62. The molecule has 0 saturated carbocycles. The highest BCUT2D eigenvalue weighted by Crippen LogP contribution is 2.29. The van der Waals surface area contributed by atoms with E-state index in [1.165, 1.54) is 6.33 Å². The fourth-order valence-corrected chi connectivity index (χ4v) is 3.52. The fourth-order valence-electron chi connectivity index (χ4n) is 3.52. The Morgan fingerprint density at radius 2 is 2.22 bits per heavy atom. The van der Waals surface area contributed by atoms with Crippen LogP contribution in [0, 0.1) is 0 Å². The summed E-state index contributed by atoms with van der Waals surface area (Å²) in [5, 5.41) is 4.23. The number of hydrogen-bond donors (Lipinski definition) is 1. The number of aromatic nitrogens is 2. The molecule has 2 aromatic rings. The van der Waals surface area contributed by atoms with E-state index >= 15 is 0 Å². The summed E-state index contributed by atoms with van der Waals surface area (Å²) in [6.07, 6.45) is 4.98. The normalized spacial score (nSPS) is 26.3. The first-order valence-corrected chi connectivity index (χ1v) is 7.83. The minimum absolute atomic E-state index is 0.0955. The van der Waals surface area contributed by atoms with Crippen LogP contribution >= 0.6 is 0 Å². The molecule has 0 aliphatic carbocycles. The van der Waals surface area contributed by atoms with Gasteiger partial charge in [-0.1, -0.05) is 18.2 Å². The highest BCUT2D eigenvalue weighted by atomic mass is 16.6. The second-order valence-electron chi connectivity index (χ2n) is 5.99. The van der Waals surface area contributed by atoms with Crippen LogP contribution in [0.4, 0.5) is 4.79 Å². The lowest BCUT2D eigenvalue weighted by Crippen LogP contribution is -2.67. The van der Waals surface area contributed by atoms with Crippen LogP contribution in [-0.4, -0.2) is 45.6 Å². The van der Waals surface area contributed by atoms with Crippen LogP contribution < -0.4 is 10.1 Å². The monoisotopic (exact) mass is 310 g/mol. The van der Waals surface area contributed by atoms with Gasteiger partial charge >= 0.3 is 6.09 Å². The zero-order valence-corrected chi connectivity index (χ0v) is 12.7. The quantitative estimate of drug-likeness (QED) is 0.861. The van der Waals surface area contributed by atoms with Crippen molar-refractivity contribution in [3.63, 3.8) is 0 Å². The van der Waals surface area contributed by atoms with Crippen molar-refractivity contribution >= 4 is 17.0 Å². The number of carbonyl (C=O) groups is 1. The molecule has 3 atom stereocenters. The van der Waals surface area contributed by atoms with Crippen molar-refractivity contribution in [1.29, 1.82) is 0 Å². The maximum absolute atomic E-state index is 12.6. The van der Waals surface area contributed by atoms with Crippen molar-refractivity contribution in [3.05, 3.63) is 43.2 Å². The molecule has 0 radical (unpaired) electrons. The molecule has 1 amide bonds. The van der Waals surface area contributed by atoms with Crippen molar-refractivity contribution in [2.45, 2.75) is 31.0 Å². The van der Waals surface area contributed by atoms with Crippen molar-refractivity contribution in [2.75, 3.05) is 6.54 Å². The van der Waals surface area contributed by atoms with E-state index in [9.17, 15) is 4.79 Å². The number of nitrogens with one attached hydrogen (secondary N) is 1. The van der Waals surface area contributed by atoms with Crippen molar-refractivity contribution in [1.82, 2.24) is 20.2 Å². The van der Waals surface area contributed by atoms with Gasteiger partial charge in [0.05, 0.1) is 16.9 Å². The third-order valence-corrected chi connectivity index (χ3v) is 4.65. The number of carbonyl (C=O) groups excluding carboxylic acids is 1. The Kier molecular flexibility index (Phi) is 3.46. The molecule has 1 aromatic heterocycles. The lowest BCUT2D eigenvalue weighted by atomic mass is 9.87. The first kappa shape index (κ1) is 14.1. The summed E-state index contributed by atoms with van der Waals surface area (Å²) in [7, 11) is 0. The third-order valence-electron chi connectivity index (χ3n) is 4.65. The van der Waals surface area contributed by atoms with Gasteiger partial charge in [0.25, 0.3) is 0 Å². The average molecular weight is 310 g/mol. The summed E-state index contributed by atoms with van der Waals surface area (Å²) in [6.45, 7) is 4.52. The average Bonchev–Trinajstić information content (AvgIpc) is 2.62. The van der Waals surface area contributed by atoms with Gasteiger partial charge in [-0.3, -0.25) is 0 Å². The van der Waals surface area contributed by atoms with Crippen LogP contribution in [0.3, 0.4) is 0 Å². The van der Waals surface area contributed by atoms with Gasteiger partial charge < -0.3 is 15.0 Å². The molecule has 4 heterocycles. The van der Waals surface area contributed by atoms with Crippen LogP contribution in [0.5, 0.6) is 5.88 Å². The highest BCUT2D eigenvalue weighted by molar-refractivity contribution is 5.85. The van der Waals surface area contributed by atoms with Crippen LogP contribution in [0.25, 0.3) is 10.9 Å². The van der Waals surface area contributed by atoms with Crippen LogP contribution in [-0.2, 0) is 0 Å². The van der Waals surface area contributed by atoms with Gasteiger partial charge in [-0.15, -0.1) is 6.58 Å². The van der Waals surface area contributed by atoms with Crippen LogP contribution in [0.15, 0.2) is 43.2 Å². The summed E-state index contributed by atoms with van der Waals surface area (Å²) in [4.78, 5) is 22.8. The number of nitrogens with zero attached hydrogens (tertiary/aromatic N) is 3. The summed E-state index contributed by atoms with van der Waals surface area (Å²) < 4.78 is 5.59. The minimum atomic E-state index is -0.350. The molecule has 3 unspecified atom stereocenters. The maximum atomic E-state index is 12.6. The minimum Gasteiger partial charge on any atom is -0.390 e. The van der Waals surface area contributed by atoms with E-state index in [0.29, 0.717) is 18.5 Å². The number of hydrogen-bond acceptors (Lipinski definition) is 5. The van der Waals surface area contributed by atoms with E-state index in [1.54, 1.807) is 4.90 Å². The number of piperidine rings is 2. The Balaban J connectivity index is 1.59. The summed E-state index contributed by atoms with van der Waals surface area (Å²) >= 11 is 0. The molecule has 1 N–H and O–H groups in total. The predicted molar refractivity (Wildman–Crippen MR) is 86.2 cm³/mol. The Morgan fingerprint density at radius 3 is 3.04 bits per heavy atom. The SMILES string of the molecule is C=CC1NC2CCC1N(C(=O)Oc1ncnc3ccccc13)C2. The number of amides is 1. The standard InChI is InChI=1S/C17H18N4O2/c1-2-13-15-8-7-11(20-13)9-21(15)17(22)23-16-12-5-3-4-6-14(12)18-10-19-16/h2-6,10-11,13,15,20H,1,7-9H2. The molecule has 3 aliphatic heterocycles. The van der Waals surface area contributed by atoms with E-state index in [0.717, 1.165) is 23.7 Å². The Labute approximate surface area is 134 Å². The Hall–Kier alpha value is -2.47. The van der Waals surface area contributed by atoms with E-state index < -0.39 is 0 Å². The molecule has 23 heavy (non-hydrogen) atoms. The first-order valence-electron chi connectivity index (χ1n) is 7.83. The first-order chi connectivity index (χ1) is 11.3. The summed E-state index contributed by atoms with van der Waals surface area (Å²) in [5.41, 5.74) is 0.760. The van der Waals surface area contributed by atoms with Gasteiger partial charge in [-0.2, -0.15) is 0 Å². The van der Waals surface area contributed by atoms with Gasteiger partial charge in [0, 0.05) is 18.6 Å². The topological polar surface area (TPSA) is 67.4 Å². The fraction of sp³-hybridized carbons (Fsp3) is 0.353. The number of piperazine rings is 1. The zero-order chi connectivity index (χ0) is 15.8. The van der Waals surface area contributed by atoms with Gasteiger partial charge in [-0.05, 0) is 25.0 Å². The highest BCUT2D eigenvalue weighted by Gasteiger charge is 2.42. The largest absolute Gasteiger partial charge is 0.416 e. The molecular formula is C17H18N4O2. The van der Waals surface area contributed by atoms with Crippen LogP contribution in [0.2, 0.25) is 0 Å². The summed E-state index contributed by atoms with van der Waals surface area (Å²) in [6, 6.07) is 8.02. The lowest BCUT2D eigenvalue weighted by molar-refractivity contribution is 0.0547. The van der Waals surface area contributed by atoms with E-state index in [4.69, 9.17) is 4.74 Å².